The van der Waals surface area contributed by atoms with Crippen molar-refractivity contribution in [3.8, 4) is 11.7 Å². The first-order chi connectivity index (χ1) is 19.4. The number of anilines is 1. The quantitative estimate of drug-likeness (QED) is 0.227. The molecular weight excluding hydrogens is 562 g/mol. The summed E-state index contributed by atoms with van der Waals surface area (Å²) in [5.41, 5.74) is 1.40. The number of nitrogens with zero attached hydrogens (tertiary/aromatic N) is 6. The number of fused-ring (bicyclic) bond motifs is 1. The first-order valence-corrected chi connectivity index (χ1v) is 16.6. The molecule has 0 bridgehead atoms. The van der Waals surface area contributed by atoms with E-state index in [1.165, 1.54) is 11.0 Å². The van der Waals surface area contributed by atoms with E-state index in [9.17, 15) is 4.79 Å². The first kappa shape index (κ1) is 30.5. The minimum Gasteiger partial charge on any atom is -0.461 e. The van der Waals surface area contributed by atoms with E-state index in [0.717, 1.165) is 5.56 Å². The Hall–Kier alpha value is -3.45. The van der Waals surface area contributed by atoms with Crippen molar-refractivity contribution < 1.29 is 18.7 Å². The molecule has 0 saturated heterocycles. The lowest BCUT2D eigenvalue weighted by Crippen LogP contribution is -2.44. The molecule has 4 rings (SSSR count). The van der Waals surface area contributed by atoms with Gasteiger partial charge in [0.2, 0.25) is 12.0 Å². The number of aromatic nitrogens is 6. The fourth-order valence-corrected chi connectivity index (χ4v) is 5.34. The minimum absolute atomic E-state index is 0.0470. The van der Waals surface area contributed by atoms with Crippen molar-refractivity contribution in [3.05, 3.63) is 59.8 Å². The van der Waals surface area contributed by atoms with E-state index in [2.05, 4.69) is 64.2 Å². The summed E-state index contributed by atoms with van der Waals surface area (Å²) in [6, 6.07) is 7.03. The zero-order valence-electron chi connectivity index (χ0n) is 24.4. The van der Waals surface area contributed by atoms with Crippen LogP contribution in [0.15, 0.2) is 49.2 Å². The second-order valence-electron chi connectivity index (χ2n) is 11.3. The third kappa shape index (κ3) is 7.44. The lowest BCUT2D eigenvalue weighted by atomic mass is 10.2. The molecular formula is C28H36ClN7O4Si. The van der Waals surface area contributed by atoms with Crippen LogP contribution in [0.1, 0.15) is 33.3 Å². The number of halogens is 1. The van der Waals surface area contributed by atoms with Crippen LogP contribution < -0.4 is 10.1 Å². The fourth-order valence-electron chi connectivity index (χ4n) is 3.71. The monoisotopic (exact) mass is 597 g/mol. The molecule has 0 fully saturated rings. The number of rotatable bonds is 11. The summed E-state index contributed by atoms with van der Waals surface area (Å²) in [5, 5.41) is 8.14. The van der Waals surface area contributed by atoms with Gasteiger partial charge < -0.3 is 19.2 Å². The second-order valence-corrected chi connectivity index (χ2v) is 16.5. The van der Waals surface area contributed by atoms with Crippen molar-refractivity contribution in [1.29, 1.82) is 0 Å². The first-order valence-electron chi connectivity index (χ1n) is 13.3. The molecule has 0 radical (unpaired) electrons. The molecule has 1 amide bonds. The maximum Gasteiger partial charge on any atom is 0.269 e. The minimum atomic E-state index is -1.98. The number of carbonyl (C=O) groups excluding carboxylic acids is 1. The highest BCUT2D eigenvalue weighted by molar-refractivity contribution is 6.74. The second kappa shape index (κ2) is 12.6. The van der Waals surface area contributed by atoms with Gasteiger partial charge in [-0.2, -0.15) is 9.78 Å². The predicted octanol–water partition coefficient (Wildman–Crippen LogP) is 5.38. The van der Waals surface area contributed by atoms with Crippen LogP contribution in [0, 0.1) is 6.92 Å². The van der Waals surface area contributed by atoms with Crippen molar-refractivity contribution >= 4 is 42.7 Å². The Kier molecular flexibility index (Phi) is 9.37. The average Bonchev–Trinajstić information content (AvgIpc) is 3.33. The average molecular weight is 598 g/mol. The molecule has 4 heterocycles. The van der Waals surface area contributed by atoms with Crippen molar-refractivity contribution in [2.45, 2.75) is 65.0 Å². The molecule has 2 atom stereocenters. The van der Waals surface area contributed by atoms with E-state index in [1.54, 1.807) is 36.8 Å². The van der Waals surface area contributed by atoms with Gasteiger partial charge in [-0.15, -0.1) is 0 Å². The highest BCUT2D eigenvalue weighted by atomic mass is 35.5. The Morgan fingerprint density at radius 3 is 2.56 bits per heavy atom. The summed E-state index contributed by atoms with van der Waals surface area (Å²) in [6.07, 6.45) is 4.94. The zero-order chi connectivity index (χ0) is 29.8. The van der Waals surface area contributed by atoms with E-state index in [4.69, 9.17) is 25.5 Å². The third-order valence-electron chi connectivity index (χ3n) is 6.90. The smallest absolute Gasteiger partial charge is 0.269 e. The number of ether oxygens (including phenoxy) is 2. The Labute approximate surface area is 245 Å². The van der Waals surface area contributed by atoms with Crippen LogP contribution >= 0.6 is 11.6 Å². The van der Waals surface area contributed by atoms with Crippen LogP contribution in [0.25, 0.3) is 16.9 Å². The summed E-state index contributed by atoms with van der Waals surface area (Å²) >= 11 is 6.33. The van der Waals surface area contributed by atoms with Gasteiger partial charge in [0.25, 0.3) is 5.91 Å². The molecule has 41 heavy (non-hydrogen) atoms. The molecule has 0 aliphatic carbocycles. The maximum atomic E-state index is 13.4. The molecule has 4 aromatic rings. The Morgan fingerprint density at radius 2 is 1.88 bits per heavy atom. The number of hydrogen-bond donors (Lipinski definition) is 1. The molecule has 0 aliphatic heterocycles. The van der Waals surface area contributed by atoms with Gasteiger partial charge in [0, 0.05) is 12.4 Å². The highest BCUT2D eigenvalue weighted by Crippen LogP contribution is 2.37. The van der Waals surface area contributed by atoms with Gasteiger partial charge in [-0.25, -0.2) is 19.9 Å². The molecule has 2 unspecified atom stereocenters. The molecule has 0 aliphatic rings. The highest BCUT2D eigenvalue weighted by Gasteiger charge is 2.38. The van der Waals surface area contributed by atoms with Gasteiger partial charge in [-0.3, -0.25) is 4.79 Å². The van der Waals surface area contributed by atoms with Crippen LogP contribution in [-0.2, 0) is 14.0 Å². The fraction of sp³-hybridized carbons (Fsp3) is 0.429. The molecule has 0 aromatic carbocycles. The van der Waals surface area contributed by atoms with Crippen LogP contribution in [0.2, 0.25) is 23.2 Å². The van der Waals surface area contributed by atoms with Crippen LogP contribution in [0.4, 0.5) is 5.82 Å². The van der Waals surface area contributed by atoms with E-state index in [1.807, 2.05) is 19.9 Å². The largest absolute Gasteiger partial charge is 0.461 e. The Balaban J connectivity index is 1.54. The lowest BCUT2D eigenvalue weighted by molar-refractivity contribution is -0.126. The number of aryl methyl sites for hydroxylation is 1. The summed E-state index contributed by atoms with van der Waals surface area (Å²) in [4.78, 5) is 30.6. The molecule has 1 N–H and O–H groups in total. The summed E-state index contributed by atoms with van der Waals surface area (Å²) in [6.45, 7) is 15.1. The summed E-state index contributed by atoms with van der Waals surface area (Å²) in [7, 11) is -1.98. The normalized spacial score (nSPS) is 13.7. The van der Waals surface area contributed by atoms with Crippen LogP contribution in [-0.4, -0.2) is 69.4 Å². The van der Waals surface area contributed by atoms with Crippen LogP contribution in [0.5, 0.6) is 5.88 Å². The number of nitrogens with one attached hydrogen (secondary N) is 1. The van der Waals surface area contributed by atoms with Gasteiger partial charge in [-0.1, -0.05) is 38.4 Å². The van der Waals surface area contributed by atoms with Gasteiger partial charge >= 0.3 is 0 Å². The van der Waals surface area contributed by atoms with Gasteiger partial charge in [-0.05, 0) is 55.7 Å². The standard InChI is InChI=1S/C28H36ClN7O4Si/c1-18-10-11-23(31-13-18)35-26(37)22(16-38-15-19(2)40-41(6,7)28(3,4)5)39-27-20-14-34-36(24(20)32-17-33-27)25-21(29)9-8-12-30-25/h8-14,17,19,22H,15-16H2,1-7H3,(H,31,35,37). The number of hydrogen-bond acceptors (Lipinski definition) is 9. The Bertz CT molecular complexity index is 1490. The molecule has 218 valence electrons. The van der Waals surface area contributed by atoms with Crippen molar-refractivity contribution in [1.82, 2.24) is 29.7 Å². The molecule has 4 aromatic heterocycles. The molecule has 13 heteroatoms. The van der Waals surface area contributed by atoms with E-state index in [0.29, 0.717) is 27.7 Å². The number of carbonyl (C=O) groups is 1. The number of amides is 1. The number of pyridine rings is 2. The van der Waals surface area contributed by atoms with Crippen molar-refractivity contribution in [3.63, 3.8) is 0 Å². The topological polar surface area (TPSA) is 126 Å². The van der Waals surface area contributed by atoms with Gasteiger partial charge in [0.1, 0.15) is 17.5 Å². The zero-order valence-corrected chi connectivity index (χ0v) is 26.1. The predicted molar refractivity (Wildman–Crippen MR) is 160 cm³/mol. The van der Waals surface area contributed by atoms with E-state index in [-0.39, 0.29) is 30.2 Å². The SMILES string of the molecule is Cc1ccc(NC(=O)C(COCC(C)O[Si](C)(C)C(C)(C)C)Oc2ncnc3c2cnn3-c2ncccc2Cl)nc1. The molecule has 0 spiro atoms. The van der Waals surface area contributed by atoms with Gasteiger partial charge in [0.15, 0.2) is 19.8 Å². The van der Waals surface area contributed by atoms with Crippen molar-refractivity contribution in [2.24, 2.45) is 0 Å². The summed E-state index contributed by atoms with van der Waals surface area (Å²) < 4.78 is 20.0. The van der Waals surface area contributed by atoms with Crippen molar-refractivity contribution in [2.75, 3.05) is 18.5 Å². The van der Waals surface area contributed by atoms with Gasteiger partial charge in [0.05, 0.1) is 30.5 Å². The summed E-state index contributed by atoms with van der Waals surface area (Å²) in [5.74, 6) is 0.535. The van der Waals surface area contributed by atoms with E-state index < -0.39 is 20.3 Å². The maximum absolute atomic E-state index is 13.4. The molecule has 0 saturated carbocycles. The third-order valence-corrected chi connectivity index (χ3v) is 11.8. The van der Waals surface area contributed by atoms with E-state index >= 15 is 0 Å². The van der Waals surface area contributed by atoms with Crippen LogP contribution in [0.3, 0.4) is 0 Å². The lowest BCUT2D eigenvalue weighted by Gasteiger charge is -2.38. The Morgan fingerprint density at radius 1 is 1.10 bits per heavy atom. The molecule has 11 nitrogen and oxygen atoms in total.